The standard InChI is InChI=1S/C16H12N2O4S2/c1-22-13-7-4-10(8-12(13)20)14-17-18(16(23)24-14)15(21)9-2-5-11(19)6-3-9/h2-8,19-20H,1H3. The van der Waals surface area contributed by atoms with Gasteiger partial charge in [-0.1, -0.05) is 11.3 Å². The molecule has 0 radical (unpaired) electrons. The normalized spacial score (nSPS) is 10.5. The molecule has 0 aliphatic heterocycles. The van der Waals surface area contributed by atoms with Gasteiger partial charge in [0, 0.05) is 11.1 Å². The van der Waals surface area contributed by atoms with E-state index in [1.165, 1.54) is 37.4 Å². The molecule has 0 fully saturated rings. The van der Waals surface area contributed by atoms with Gasteiger partial charge in [-0.3, -0.25) is 4.79 Å². The van der Waals surface area contributed by atoms with Crippen LogP contribution in [0.4, 0.5) is 0 Å². The summed E-state index contributed by atoms with van der Waals surface area (Å²) in [5.41, 5.74) is 0.986. The van der Waals surface area contributed by atoms with E-state index in [1.54, 1.807) is 12.1 Å². The smallest absolute Gasteiger partial charge is 0.280 e. The Bertz CT molecular complexity index is 961. The van der Waals surface area contributed by atoms with Crippen molar-refractivity contribution in [2.75, 3.05) is 7.11 Å². The number of ether oxygens (including phenoxy) is 1. The second kappa shape index (κ2) is 6.42. The molecule has 1 aromatic heterocycles. The van der Waals surface area contributed by atoms with Gasteiger partial charge in [0.1, 0.15) is 10.8 Å². The zero-order valence-electron chi connectivity index (χ0n) is 12.5. The quantitative estimate of drug-likeness (QED) is 0.696. The Morgan fingerprint density at radius 3 is 2.54 bits per heavy atom. The van der Waals surface area contributed by atoms with E-state index in [9.17, 15) is 15.0 Å². The van der Waals surface area contributed by atoms with Gasteiger partial charge in [-0.2, -0.15) is 9.78 Å². The molecule has 0 spiro atoms. The fourth-order valence-electron chi connectivity index (χ4n) is 2.07. The van der Waals surface area contributed by atoms with Gasteiger partial charge in [0.25, 0.3) is 5.91 Å². The topological polar surface area (TPSA) is 84.6 Å². The third kappa shape index (κ3) is 3.01. The molecular formula is C16H12N2O4S2. The lowest BCUT2D eigenvalue weighted by Gasteiger charge is -2.04. The fraction of sp³-hybridized carbons (Fsp3) is 0.0625. The van der Waals surface area contributed by atoms with Crippen LogP contribution in [0.3, 0.4) is 0 Å². The molecule has 8 heteroatoms. The second-order valence-electron chi connectivity index (χ2n) is 4.82. The van der Waals surface area contributed by atoms with Crippen LogP contribution in [0.5, 0.6) is 17.2 Å². The summed E-state index contributed by atoms with van der Waals surface area (Å²) >= 11 is 6.38. The van der Waals surface area contributed by atoms with E-state index in [0.29, 0.717) is 25.8 Å². The molecule has 0 saturated heterocycles. The number of phenols is 2. The van der Waals surface area contributed by atoms with Crippen LogP contribution < -0.4 is 4.74 Å². The first-order valence-electron chi connectivity index (χ1n) is 6.81. The van der Waals surface area contributed by atoms with Crippen molar-refractivity contribution in [3.05, 3.63) is 52.0 Å². The molecule has 122 valence electrons. The van der Waals surface area contributed by atoms with Crippen molar-refractivity contribution < 1.29 is 19.7 Å². The number of aromatic hydroxyl groups is 2. The van der Waals surface area contributed by atoms with Crippen LogP contribution in [0.1, 0.15) is 10.4 Å². The Hall–Kier alpha value is -2.71. The van der Waals surface area contributed by atoms with Crippen molar-refractivity contribution in [3.8, 4) is 27.8 Å². The summed E-state index contributed by atoms with van der Waals surface area (Å²) in [6, 6.07) is 10.7. The van der Waals surface area contributed by atoms with Gasteiger partial charge in [0.2, 0.25) is 0 Å². The van der Waals surface area contributed by atoms with E-state index in [2.05, 4.69) is 5.10 Å². The highest BCUT2D eigenvalue weighted by Crippen LogP contribution is 2.32. The minimum Gasteiger partial charge on any atom is -0.508 e. The molecule has 2 N–H and O–H groups in total. The molecular weight excluding hydrogens is 348 g/mol. The Labute approximate surface area is 146 Å². The van der Waals surface area contributed by atoms with E-state index in [0.717, 1.165) is 16.0 Å². The van der Waals surface area contributed by atoms with Crippen LogP contribution in [-0.4, -0.2) is 33.0 Å². The zero-order chi connectivity index (χ0) is 17.3. The Kier molecular flexibility index (Phi) is 4.32. The summed E-state index contributed by atoms with van der Waals surface area (Å²) in [5.74, 6) is 0.0116. The van der Waals surface area contributed by atoms with Crippen LogP contribution in [0.2, 0.25) is 0 Å². The van der Waals surface area contributed by atoms with Crippen LogP contribution in [-0.2, 0) is 0 Å². The second-order valence-corrected chi connectivity index (χ2v) is 6.45. The molecule has 3 aromatic rings. The van der Waals surface area contributed by atoms with E-state index in [-0.39, 0.29) is 17.4 Å². The highest BCUT2D eigenvalue weighted by atomic mass is 32.1. The number of methoxy groups -OCH3 is 1. The minimum absolute atomic E-state index is 0.0208. The molecule has 0 aliphatic rings. The highest BCUT2D eigenvalue weighted by Gasteiger charge is 2.15. The average molecular weight is 360 g/mol. The number of aromatic nitrogens is 2. The number of carbonyl (C=O) groups is 1. The third-order valence-corrected chi connectivity index (χ3v) is 4.56. The van der Waals surface area contributed by atoms with Gasteiger partial charge >= 0.3 is 0 Å². The van der Waals surface area contributed by atoms with Crippen molar-refractivity contribution in [2.24, 2.45) is 0 Å². The first kappa shape index (κ1) is 16.2. The van der Waals surface area contributed by atoms with Crippen molar-refractivity contribution in [1.29, 1.82) is 0 Å². The summed E-state index contributed by atoms with van der Waals surface area (Å²) in [5, 5.41) is 23.9. The van der Waals surface area contributed by atoms with Crippen molar-refractivity contribution >= 4 is 29.5 Å². The predicted octanol–water partition coefficient (Wildman–Crippen LogP) is 3.45. The largest absolute Gasteiger partial charge is 0.508 e. The SMILES string of the molecule is COc1ccc(-c2nn(C(=O)c3ccc(O)cc3)c(=S)s2)cc1O. The van der Waals surface area contributed by atoms with Crippen LogP contribution in [0.15, 0.2) is 42.5 Å². The van der Waals surface area contributed by atoms with E-state index in [1.807, 2.05) is 0 Å². The maximum Gasteiger partial charge on any atom is 0.280 e. The van der Waals surface area contributed by atoms with Gasteiger partial charge in [0.15, 0.2) is 15.5 Å². The molecule has 0 unspecified atom stereocenters. The zero-order valence-corrected chi connectivity index (χ0v) is 14.1. The van der Waals surface area contributed by atoms with Crippen molar-refractivity contribution in [1.82, 2.24) is 9.78 Å². The van der Waals surface area contributed by atoms with Crippen LogP contribution in [0.25, 0.3) is 10.6 Å². The fourth-order valence-corrected chi connectivity index (χ4v) is 3.18. The monoisotopic (exact) mass is 360 g/mol. The number of nitrogens with zero attached hydrogens (tertiary/aromatic N) is 2. The number of benzene rings is 2. The van der Waals surface area contributed by atoms with Gasteiger partial charge < -0.3 is 14.9 Å². The predicted molar refractivity (Wildman–Crippen MR) is 92.4 cm³/mol. The maximum atomic E-state index is 12.5. The third-order valence-electron chi connectivity index (χ3n) is 3.28. The van der Waals surface area contributed by atoms with E-state index >= 15 is 0 Å². The number of hydrogen-bond donors (Lipinski definition) is 2. The molecule has 0 bridgehead atoms. The summed E-state index contributed by atoms with van der Waals surface area (Å²) < 4.78 is 6.42. The maximum absolute atomic E-state index is 12.5. The minimum atomic E-state index is -0.389. The molecule has 0 saturated carbocycles. The van der Waals surface area contributed by atoms with E-state index < -0.39 is 0 Å². The number of phenolic OH excluding ortho intramolecular Hbond substituents is 2. The van der Waals surface area contributed by atoms with Gasteiger partial charge in [-0.05, 0) is 54.7 Å². The molecule has 2 aromatic carbocycles. The van der Waals surface area contributed by atoms with Crippen molar-refractivity contribution in [2.45, 2.75) is 0 Å². The molecule has 0 atom stereocenters. The molecule has 0 aliphatic carbocycles. The number of carbonyl (C=O) groups excluding carboxylic acids is 1. The van der Waals surface area contributed by atoms with Gasteiger partial charge in [0.05, 0.1) is 7.11 Å². The molecule has 6 nitrogen and oxygen atoms in total. The highest BCUT2D eigenvalue weighted by molar-refractivity contribution is 7.73. The number of rotatable bonds is 3. The molecule has 0 amide bonds. The molecule has 3 rings (SSSR count). The lowest BCUT2D eigenvalue weighted by molar-refractivity contribution is 0.0944. The Morgan fingerprint density at radius 1 is 1.21 bits per heavy atom. The Morgan fingerprint density at radius 2 is 1.92 bits per heavy atom. The van der Waals surface area contributed by atoms with Crippen LogP contribution in [0, 0.1) is 3.95 Å². The average Bonchev–Trinajstić information content (AvgIpc) is 2.96. The lowest BCUT2D eigenvalue weighted by Crippen LogP contribution is -2.13. The summed E-state index contributed by atoms with van der Waals surface area (Å²) in [7, 11) is 1.46. The van der Waals surface area contributed by atoms with Crippen LogP contribution >= 0.6 is 23.6 Å². The number of hydrogen-bond acceptors (Lipinski definition) is 7. The summed E-state index contributed by atoms with van der Waals surface area (Å²) in [6.07, 6.45) is 0. The summed E-state index contributed by atoms with van der Waals surface area (Å²) in [4.78, 5) is 12.5. The van der Waals surface area contributed by atoms with Crippen molar-refractivity contribution in [3.63, 3.8) is 0 Å². The first-order valence-corrected chi connectivity index (χ1v) is 8.03. The van der Waals surface area contributed by atoms with Gasteiger partial charge in [-0.25, -0.2) is 0 Å². The molecule has 1 heterocycles. The van der Waals surface area contributed by atoms with E-state index in [4.69, 9.17) is 17.0 Å². The first-order chi connectivity index (χ1) is 11.5. The van der Waals surface area contributed by atoms with Gasteiger partial charge in [-0.15, -0.1) is 0 Å². The summed E-state index contributed by atoms with van der Waals surface area (Å²) in [6.45, 7) is 0. The molecule has 24 heavy (non-hydrogen) atoms. The Balaban J connectivity index is 1.98. The lowest BCUT2D eigenvalue weighted by atomic mass is 10.2.